The number of fused-ring (bicyclic) bond motifs is 1. The maximum atomic E-state index is 11.8. The molecule has 38 heavy (non-hydrogen) atoms. The van der Waals surface area contributed by atoms with Gasteiger partial charge in [-0.05, 0) is 28.8 Å². The molecule has 0 aliphatic rings. The van der Waals surface area contributed by atoms with Gasteiger partial charge in [0.15, 0.2) is 6.04 Å². The minimum Gasteiger partial charge on any atom is -0.319 e. The summed E-state index contributed by atoms with van der Waals surface area (Å²) >= 11 is 0. The molecule has 8 nitrogen and oxygen atoms in total. The number of benzene rings is 4. The van der Waals surface area contributed by atoms with E-state index in [-0.39, 0.29) is 11.5 Å². The molecule has 0 radical (unpaired) electrons. The largest absolute Gasteiger partial charge is 0.319 e. The van der Waals surface area contributed by atoms with Crippen LogP contribution in [0.2, 0.25) is 0 Å². The van der Waals surface area contributed by atoms with E-state index in [1.54, 1.807) is 11.0 Å². The molecule has 0 aliphatic carbocycles. The second-order valence-electron chi connectivity index (χ2n) is 9.07. The highest BCUT2D eigenvalue weighted by Gasteiger charge is 2.39. The van der Waals surface area contributed by atoms with Crippen molar-refractivity contribution in [3.63, 3.8) is 0 Å². The molecule has 6 rings (SSSR count). The van der Waals surface area contributed by atoms with Crippen molar-refractivity contribution in [1.29, 1.82) is 0 Å². The van der Waals surface area contributed by atoms with Crippen LogP contribution in [0.15, 0.2) is 128 Å². The van der Waals surface area contributed by atoms with Gasteiger partial charge in [0.25, 0.3) is 0 Å². The lowest BCUT2D eigenvalue weighted by molar-refractivity contribution is -0.484. The van der Waals surface area contributed by atoms with Crippen LogP contribution in [0.25, 0.3) is 11.0 Å². The molecule has 2 aromatic heterocycles. The van der Waals surface area contributed by atoms with Gasteiger partial charge in [-0.3, -0.25) is 10.1 Å². The SMILES string of the molecule is O=[N+]([O-])C[C@H](c1cn(C(c2ccccc2)(c2ccccc2)c2ccccc2)cn1)n1nnc2ccccc21. The minimum absolute atomic E-state index is 0.334. The van der Waals surface area contributed by atoms with E-state index >= 15 is 0 Å². The summed E-state index contributed by atoms with van der Waals surface area (Å²) in [5, 5.41) is 20.3. The predicted octanol–water partition coefficient (Wildman–Crippen LogP) is 5.33. The zero-order chi connectivity index (χ0) is 26.0. The fourth-order valence-corrected chi connectivity index (χ4v) is 5.23. The Morgan fingerprint density at radius 2 is 1.29 bits per heavy atom. The summed E-state index contributed by atoms with van der Waals surface area (Å²) in [6.07, 6.45) is 3.66. The van der Waals surface area contributed by atoms with Crippen molar-refractivity contribution < 1.29 is 4.92 Å². The van der Waals surface area contributed by atoms with E-state index in [1.807, 2.05) is 89.6 Å². The third kappa shape index (κ3) is 3.92. The van der Waals surface area contributed by atoms with Gasteiger partial charge in [-0.25, -0.2) is 9.67 Å². The maximum absolute atomic E-state index is 11.8. The van der Waals surface area contributed by atoms with Gasteiger partial charge in [0.05, 0.1) is 17.5 Å². The molecule has 186 valence electrons. The number of imidazole rings is 1. The average molecular weight is 501 g/mol. The molecule has 0 bridgehead atoms. The van der Waals surface area contributed by atoms with Gasteiger partial charge in [-0.2, -0.15) is 0 Å². The van der Waals surface area contributed by atoms with Gasteiger partial charge in [0, 0.05) is 11.1 Å². The molecule has 0 N–H and O–H groups in total. The van der Waals surface area contributed by atoms with Crippen LogP contribution in [0.5, 0.6) is 0 Å². The zero-order valence-electron chi connectivity index (χ0n) is 20.4. The van der Waals surface area contributed by atoms with Gasteiger partial charge in [0.1, 0.15) is 11.1 Å². The molecule has 8 heteroatoms. The highest BCUT2D eigenvalue weighted by Crippen LogP contribution is 2.41. The lowest BCUT2D eigenvalue weighted by Gasteiger charge is -2.37. The summed E-state index contributed by atoms with van der Waals surface area (Å²) < 4.78 is 3.65. The van der Waals surface area contributed by atoms with Crippen LogP contribution in [0.3, 0.4) is 0 Å². The summed E-state index contributed by atoms with van der Waals surface area (Å²) in [5.74, 6) is 0. The fraction of sp³-hybridized carbons (Fsp3) is 0.100. The van der Waals surface area contributed by atoms with Gasteiger partial charge in [-0.1, -0.05) is 108 Å². The number of hydrogen-bond acceptors (Lipinski definition) is 5. The highest BCUT2D eigenvalue weighted by molar-refractivity contribution is 5.74. The number of nitrogens with zero attached hydrogens (tertiary/aromatic N) is 6. The second-order valence-corrected chi connectivity index (χ2v) is 9.07. The zero-order valence-corrected chi connectivity index (χ0v) is 20.4. The molecular formula is C30H24N6O2. The lowest BCUT2D eigenvalue weighted by atomic mass is 9.77. The van der Waals surface area contributed by atoms with E-state index in [2.05, 4.69) is 46.7 Å². The van der Waals surface area contributed by atoms with E-state index in [9.17, 15) is 10.1 Å². The van der Waals surface area contributed by atoms with Crippen LogP contribution in [-0.4, -0.2) is 36.0 Å². The van der Waals surface area contributed by atoms with Crippen molar-refractivity contribution in [2.24, 2.45) is 0 Å². The van der Waals surface area contributed by atoms with Crippen molar-refractivity contribution >= 4 is 11.0 Å². The van der Waals surface area contributed by atoms with E-state index in [0.717, 1.165) is 16.7 Å². The molecule has 0 saturated heterocycles. The Morgan fingerprint density at radius 3 is 1.84 bits per heavy atom. The van der Waals surface area contributed by atoms with Crippen LogP contribution in [0.4, 0.5) is 0 Å². The van der Waals surface area contributed by atoms with E-state index in [1.165, 1.54) is 0 Å². The molecule has 4 aromatic carbocycles. The number of para-hydroxylation sites is 1. The molecule has 6 aromatic rings. The van der Waals surface area contributed by atoms with Crippen molar-refractivity contribution in [3.05, 3.63) is 160 Å². The molecule has 1 atom stereocenters. The topological polar surface area (TPSA) is 91.7 Å². The third-order valence-corrected chi connectivity index (χ3v) is 6.90. The van der Waals surface area contributed by atoms with Crippen LogP contribution >= 0.6 is 0 Å². The summed E-state index contributed by atoms with van der Waals surface area (Å²) in [7, 11) is 0. The van der Waals surface area contributed by atoms with Gasteiger partial charge < -0.3 is 4.57 Å². The Bertz CT molecular complexity index is 1580. The summed E-state index contributed by atoms with van der Waals surface area (Å²) in [6, 6.07) is 37.4. The van der Waals surface area contributed by atoms with Crippen LogP contribution in [0, 0.1) is 10.1 Å². The predicted molar refractivity (Wildman–Crippen MR) is 144 cm³/mol. The van der Waals surface area contributed by atoms with Crippen molar-refractivity contribution in [2.75, 3.05) is 6.54 Å². The minimum atomic E-state index is -0.765. The van der Waals surface area contributed by atoms with Gasteiger partial charge in [-0.15, -0.1) is 5.10 Å². The van der Waals surface area contributed by atoms with Crippen molar-refractivity contribution in [3.8, 4) is 0 Å². The Morgan fingerprint density at radius 1 is 0.763 bits per heavy atom. The van der Waals surface area contributed by atoms with E-state index in [4.69, 9.17) is 4.98 Å². The van der Waals surface area contributed by atoms with E-state index in [0.29, 0.717) is 16.7 Å². The van der Waals surface area contributed by atoms with Crippen LogP contribution < -0.4 is 0 Å². The average Bonchev–Trinajstić information content (AvgIpc) is 3.62. The first-order valence-corrected chi connectivity index (χ1v) is 12.3. The van der Waals surface area contributed by atoms with E-state index < -0.39 is 11.6 Å². The van der Waals surface area contributed by atoms with Crippen LogP contribution in [0.1, 0.15) is 28.4 Å². The summed E-state index contributed by atoms with van der Waals surface area (Å²) in [5.41, 5.74) is 4.28. The first kappa shape index (κ1) is 23.3. The van der Waals surface area contributed by atoms with Crippen molar-refractivity contribution in [2.45, 2.75) is 11.6 Å². The number of rotatable bonds is 8. The summed E-state index contributed by atoms with van der Waals surface area (Å²) in [4.78, 5) is 16.2. The molecular weight excluding hydrogens is 476 g/mol. The third-order valence-electron chi connectivity index (χ3n) is 6.90. The molecule has 0 spiro atoms. The molecule has 0 unspecified atom stereocenters. The van der Waals surface area contributed by atoms with Crippen molar-refractivity contribution in [1.82, 2.24) is 24.5 Å². The Balaban J connectivity index is 1.59. The first-order chi connectivity index (χ1) is 18.7. The molecule has 0 aliphatic heterocycles. The second kappa shape index (κ2) is 9.74. The van der Waals surface area contributed by atoms with Gasteiger partial charge >= 0.3 is 0 Å². The van der Waals surface area contributed by atoms with Gasteiger partial charge in [0.2, 0.25) is 6.54 Å². The Labute approximate surface area is 219 Å². The summed E-state index contributed by atoms with van der Waals surface area (Å²) in [6.45, 7) is -0.376. The molecule has 0 amide bonds. The highest BCUT2D eigenvalue weighted by atomic mass is 16.6. The lowest BCUT2D eigenvalue weighted by Crippen LogP contribution is -2.37. The monoisotopic (exact) mass is 500 g/mol. The standard InChI is InChI=1S/C30H24N6O2/c37-35(38)21-29(36-28-19-11-10-18-26(28)32-33-36)27-20-34(22-31-27)30(23-12-4-1-5-13-23,24-14-6-2-7-15-24)25-16-8-3-9-17-25/h1-20,22,29H,21H2/t29-/m1/s1. The molecule has 0 saturated carbocycles. The quantitative estimate of drug-likeness (QED) is 0.160. The fourth-order valence-electron chi connectivity index (χ4n) is 5.23. The smallest absolute Gasteiger partial charge is 0.231 e. The normalized spacial score (nSPS) is 12.4. The first-order valence-electron chi connectivity index (χ1n) is 12.3. The molecule has 2 heterocycles. The van der Waals surface area contributed by atoms with Crippen LogP contribution in [-0.2, 0) is 5.54 Å². The number of aromatic nitrogens is 5. The maximum Gasteiger partial charge on any atom is 0.231 e. The number of hydrogen-bond donors (Lipinski definition) is 0. The Kier molecular flexibility index (Phi) is 5.97. The molecule has 0 fully saturated rings. The number of nitro groups is 1. The Hall–Kier alpha value is -5.11.